The minimum Gasteiger partial charge on any atom is -0.458 e. The number of carbonyl (C=O) groups excluding carboxylic acids is 4. The van der Waals surface area contributed by atoms with Crippen molar-refractivity contribution < 1.29 is 38.9 Å². The van der Waals surface area contributed by atoms with E-state index in [2.05, 4.69) is 45.9 Å². The number of hydrogen-bond donors (Lipinski definition) is 3. The lowest BCUT2D eigenvalue weighted by atomic mass is 9.39. The summed E-state index contributed by atoms with van der Waals surface area (Å²) in [6, 6.07) is 2.55. The number of esters is 2. The van der Waals surface area contributed by atoms with Gasteiger partial charge in [-0.3, -0.25) is 19.2 Å². The van der Waals surface area contributed by atoms with Crippen molar-refractivity contribution in [3.63, 3.8) is 0 Å². The van der Waals surface area contributed by atoms with Crippen molar-refractivity contribution in [2.45, 2.75) is 155 Å². The number of fused-ring (bicyclic) bond motifs is 13. The minimum absolute atomic E-state index is 0. The zero-order chi connectivity index (χ0) is 39.6. The van der Waals surface area contributed by atoms with Crippen LogP contribution in [0.2, 0.25) is 0 Å². The van der Waals surface area contributed by atoms with E-state index in [-0.39, 0.29) is 88.3 Å². The van der Waals surface area contributed by atoms with Crippen LogP contribution >= 0.6 is 0 Å². The number of allylic oxidation sites excluding steroid dienone is 6. The van der Waals surface area contributed by atoms with Gasteiger partial charge in [0.2, 0.25) is 0 Å². The van der Waals surface area contributed by atoms with Crippen molar-refractivity contribution in [2.24, 2.45) is 74.2 Å². The molecule has 10 heteroatoms. The molecular weight excluding hydrogens is 721 g/mol. The highest BCUT2D eigenvalue weighted by Gasteiger charge is 2.77. The van der Waals surface area contributed by atoms with Crippen LogP contribution in [0.1, 0.15) is 131 Å². The number of nitrogens with two attached hydrogens (primary N) is 1. The van der Waals surface area contributed by atoms with Gasteiger partial charge >= 0.3 is 11.9 Å². The Morgan fingerprint density at radius 3 is 1.95 bits per heavy atom. The van der Waals surface area contributed by atoms with Crippen molar-refractivity contribution in [3.05, 3.63) is 35.1 Å². The second-order valence-electron chi connectivity index (χ2n) is 21.2. The van der Waals surface area contributed by atoms with Crippen LogP contribution in [0, 0.1) is 79.8 Å². The molecule has 2 heterocycles. The van der Waals surface area contributed by atoms with E-state index in [0.29, 0.717) is 68.6 Å². The van der Waals surface area contributed by atoms with Crippen LogP contribution in [0.4, 0.5) is 0 Å². The lowest BCUT2D eigenvalue weighted by Gasteiger charge is -2.64. The van der Waals surface area contributed by atoms with Crippen LogP contribution in [0.5, 0.6) is 0 Å². The van der Waals surface area contributed by atoms with Gasteiger partial charge in [-0.25, -0.2) is 0 Å². The minimum atomic E-state index is -0.872. The van der Waals surface area contributed by atoms with Crippen LogP contribution < -0.4 is 5.73 Å². The fourth-order valence-electron chi connectivity index (χ4n) is 17.0. The largest absolute Gasteiger partial charge is 0.458 e. The molecule has 57 heavy (non-hydrogen) atoms. The van der Waals surface area contributed by atoms with Gasteiger partial charge < -0.3 is 25.4 Å². The van der Waals surface area contributed by atoms with Gasteiger partial charge in [0.25, 0.3) is 0 Å². The van der Waals surface area contributed by atoms with E-state index in [1.807, 2.05) is 0 Å². The van der Waals surface area contributed by atoms with E-state index in [4.69, 9.17) is 15.2 Å². The maximum Gasteiger partial charge on any atom is 0.306 e. The summed E-state index contributed by atoms with van der Waals surface area (Å²) < 4.78 is 11.9. The number of aliphatic hydroxyl groups excluding tert-OH is 2. The number of rotatable bonds is 0. The third kappa shape index (κ3) is 4.54. The van der Waals surface area contributed by atoms with Crippen LogP contribution in [0.3, 0.4) is 0 Å². The average molecular weight is 783 g/mol. The molecule has 0 amide bonds. The van der Waals surface area contributed by atoms with Crippen LogP contribution in [-0.2, 0) is 28.7 Å². The third-order valence-corrected chi connectivity index (χ3v) is 19.6. The summed E-state index contributed by atoms with van der Waals surface area (Å²) in [4.78, 5) is 48.8. The quantitative estimate of drug-likeness (QED) is 0.228. The highest BCUT2D eigenvalue weighted by atomic mass is 16.6. The molecule has 4 N–H and O–H groups in total. The molecule has 6 saturated carbocycles. The summed E-state index contributed by atoms with van der Waals surface area (Å²) in [5, 5.41) is 33.3. The lowest BCUT2D eigenvalue weighted by molar-refractivity contribution is -0.209. The molecule has 8 fully saturated rings. The van der Waals surface area contributed by atoms with E-state index in [0.717, 1.165) is 50.5 Å². The highest BCUT2D eigenvalue weighted by Crippen LogP contribution is 2.77. The smallest absolute Gasteiger partial charge is 0.306 e. The zero-order valence-electron chi connectivity index (χ0n) is 33.4. The fourth-order valence-corrected chi connectivity index (χ4v) is 17.0. The maximum absolute atomic E-state index is 12.9. The molecule has 0 aromatic carbocycles. The van der Waals surface area contributed by atoms with Gasteiger partial charge in [0, 0.05) is 59.6 Å². The fraction of sp³-hybridized carbons (Fsp3) is 0.766. The number of nitrogens with zero attached hydrogens (tertiary/aromatic N) is 1. The number of ether oxygens (including phenoxy) is 2. The normalized spacial score (nSPS) is 53.4. The van der Waals surface area contributed by atoms with Crippen LogP contribution in [0.25, 0.3) is 0 Å². The number of carbonyl (C=O) groups is 4. The van der Waals surface area contributed by atoms with E-state index in [9.17, 15) is 34.7 Å². The first-order chi connectivity index (χ1) is 26.4. The van der Waals surface area contributed by atoms with Crippen molar-refractivity contribution >= 4 is 23.5 Å². The summed E-state index contributed by atoms with van der Waals surface area (Å²) >= 11 is 0. The molecule has 0 aromatic rings. The highest BCUT2D eigenvalue weighted by molar-refractivity contribution is 6.00. The second-order valence-corrected chi connectivity index (χ2v) is 21.2. The number of aliphatic hydroxyl groups is 2. The second kappa shape index (κ2) is 12.1. The van der Waals surface area contributed by atoms with E-state index < -0.39 is 28.6 Å². The third-order valence-electron chi connectivity index (χ3n) is 19.6. The van der Waals surface area contributed by atoms with Gasteiger partial charge in [0.1, 0.15) is 11.2 Å². The Morgan fingerprint density at radius 1 is 0.754 bits per heavy atom. The Bertz CT molecular complexity index is 2000. The summed E-state index contributed by atoms with van der Waals surface area (Å²) in [6.45, 7) is 8.81. The van der Waals surface area contributed by atoms with Gasteiger partial charge in [-0.2, -0.15) is 5.26 Å². The van der Waals surface area contributed by atoms with Gasteiger partial charge in [-0.15, -0.1) is 0 Å². The molecule has 2 aliphatic heterocycles. The predicted octanol–water partition coefficient (Wildman–Crippen LogP) is 6.58. The van der Waals surface area contributed by atoms with Gasteiger partial charge in [0.15, 0.2) is 11.6 Å². The van der Waals surface area contributed by atoms with Gasteiger partial charge in [-0.1, -0.05) is 47.3 Å². The maximum atomic E-state index is 12.9. The summed E-state index contributed by atoms with van der Waals surface area (Å²) in [7, 11) is 0. The van der Waals surface area contributed by atoms with Crippen molar-refractivity contribution in [1.29, 1.82) is 5.26 Å². The lowest BCUT2D eigenvalue weighted by Crippen LogP contribution is -2.64. The molecule has 0 radical (unpaired) electrons. The first kappa shape index (κ1) is 39.2. The number of nitriles is 1. The SMILES string of the molecule is C.CC12CCC(=O)C=C1C=CC1C2[C@H](O)CC2(C)C1CC[C@@]21CCC(=O)O1.CC12C[C@@H](O)C3C(C1CC[C@@]21CCC(=O)O1)[C@H]1C[C@]2(C#N)C(=C1N)C(=O)CCC32C. The monoisotopic (exact) mass is 782 g/mol. The Labute approximate surface area is 337 Å². The van der Waals surface area contributed by atoms with Crippen molar-refractivity contribution in [3.8, 4) is 6.07 Å². The molecule has 2 saturated heterocycles. The molecule has 308 valence electrons. The van der Waals surface area contributed by atoms with Crippen molar-refractivity contribution in [1.82, 2.24) is 0 Å². The molecule has 2 spiro atoms. The molecular formula is C47H62N2O8. The average Bonchev–Trinajstić information content (AvgIpc) is 3.93. The molecule has 10 unspecified atom stereocenters. The Kier molecular flexibility index (Phi) is 8.35. The zero-order valence-corrected chi connectivity index (χ0v) is 33.4. The Morgan fingerprint density at radius 2 is 1.35 bits per heavy atom. The Hall–Kier alpha value is -3.29. The molecule has 2 bridgehead atoms. The summed E-state index contributed by atoms with van der Waals surface area (Å²) in [5.74, 6) is 1.16. The molecule has 0 aromatic heterocycles. The van der Waals surface area contributed by atoms with E-state index in [1.165, 1.54) is 0 Å². The van der Waals surface area contributed by atoms with Crippen molar-refractivity contribution in [2.75, 3.05) is 0 Å². The van der Waals surface area contributed by atoms with E-state index >= 15 is 0 Å². The van der Waals surface area contributed by atoms with E-state index in [1.54, 1.807) is 6.08 Å². The Balaban J connectivity index is 0.000000147. The molecule has 16 atom stereocenters. The molecule has 11 rings (SSSR count). The molecule has 11 aliphatic rings. The number of ketones is 2. The van der Waals surface area contributed by atoms with Crippen LogP contribution in [-0.4, -0.2) is 57.1 Å². The first-order valence-corrected chi connectivity index (χ1v) is 21.6. The first-order valence-electron chi connectivity index (χ1n) is 21.6. The topological polar surface area (TPSA) is 177 Å². The van der Waals surface area contributed by atoms with Gasteiger partial charge in [0.05, 0.1) is 23.7 Å². The standard InChI is InChI=1S/C24H30N2O4.C22H28O4.CH4/c1-21-6-4-14(27)19-20(26)12(9-23(19,21)11-25)17-13-3-7-24(8-5-16(29)30-24)22(13,2)10-15(28)18(17)21;1-20-8-5-14(23)11-13(20)3-4-15-16-6-9-22(10-7-18(25)26-22)21(16,2)12-17(24)19(15)20;/h12-13,15,17-18,28H,3-10,26H2,1-2H3;3-4,11,15-17,19,24H,5-10,12H2,1-2H3;1H4/t12-,13?,15-,17?,18?,21?,22?,23+,24-;15?,16?,17-,19?,20?,21?,22-;/m11./s1. The summed E-state index contributed by atoms with van der Waals surface area (Å²) in [5.41, 5.74) is 6.15. The number of hydrogen-bond acceptors (Lipinski definition) is 10. The van der Waals surface area contributed by atoms with Crippen LogP contribution in [0.15, 0.2) is 35.1 Å². The number of Topliss-reactive ketones (excluding diaryl/α,β-unsaturated/α-hetero) is 1. The van der Waals surface area contributed by atoms with Gasteiger partial charge in [-0.05, 0) is 123 Å². The molecule has 9 aliphatic carbocycles. The summed E-state index contributed by atoms with van der Waals surface area (Å²) in [6.07, 6.45) is 15.7. The molecule has 10 nitrogen and oxygen atoms in total. The predicted molar refractivity (Wildman–Crippen MR) is 209 cm³/mol.